The summed E-state index contributed by atoms with van der Waals surface area (Å²) in [4.78, 5) is 22.0. The molecule has 1 aliphatic rings. The highest BCUT2D eigenvalue weighted by Gasteiger charge is 2.31. The first-order valence-corrected chi connectivity index (χ1v) is 6.14. The average Bonchev–Trinajstić information content (AvgIpc) is 2.22. The third kappa shape index (κ3) is 4.73. The van der Waals surface area contributed by atoms with E-state index in [9.17, 15) is 9.59 Å². The van der Waals surface area contributed by atoms with E-state index in [4.69, 9.17) is 9.84 Å². The maximum atomic E-state index is 11.5. The molecule has 0 aromatic rings. The minimum absolute atomic E-state index is 0.0574. The molecule has 1 fully saturated rings. The van der Waals surface area contributed by atoms with Gasteiger partial charge in [0.1, 0.15) is 0 Å². The summed E-state index contributed by atoms with van der Waals surface area (Å²) >= 11 is 0. The number of carbonyl (C=O) groups is 2. The Bertz CT molecular complexity index is 274. The van der Waals surface area contributed by atoms with E-state index in [0.717, 1.165) is 19.4 Å². The van der Waals surface area contributed by atoms with Gasteiger partial charge in [0.05, 0.1) is 12.0 Å². The molecule has 98 valence electrons. The van der Waals surface area contributed by atoms with Crippen LogP contribution >= 0.6 is 0 Å². The Morgan fingerprint density at radius 2 is 2.12 bits per heavy atom. The van der Waals surface area contributed by atoms with Crippen LogP contribution in [-0.2, 0) is 14.3 Å². The van der Waals surface area contributed by atoms with Gasteiger partial charge < -0.3 is 15.2 Å². The number of amides is 1. The number of carboxylic acid groups (broad SMARTS) is 1. The van der Waals surface area contributed by atoms with Crippen LogP contribution in [0.4, 0.5) is 0 Å². The number of carbonyl (C=O) groups excluding carboxylic acids is 1. The highest BCUT2D eigenvalue weighted by Crippen LogP contribution is 2.32. The molecule has 0 bridgehead atoms. The van der Waals surface area contributed by atoms with Crippen LogP contribution in [-0.4, -0.2) is 36.2 Å². The topological polar surface area (TPSA) is 75.6 Å². The number of ether oxygens (including phenoxy) is 1. The van der Waals surface area contributed by atoms with Crippen LogP contribution in [0.15, 0.2) is 0 Å². The molecule has 1 unspecified atom stereocenters. The quantitative estimate of drug-likeness (QED) is 0.700. The Labute approximate surface area is 102 Å². The predicted molar refractivity (Wildman–Crippen MR) is 62.6 cm³/mol. The monoisotopic (exact) mass is 243 g/mol. The third-order valence-electron chi connectivity index (χ3n) is 3.10. The van der Waals surface area contributed by atoms with Crippen LogP contribution in [0.2, 0.25) is 0 Å². The second kappa shape index (κ2) is 6.59. The summed E-state index contributed by atoms with van der Waals surface area (Å²) in [5.41, 5.74) is 0. The number of aliphatic carboxylic acids is 1. The zero-order valence-corrected chi connectivity index (χ0v) is 10.4. The molecular formula is C12H21NO4. The van der Waals surface area contributed by atoms with Gasteiger partial charge in [0, 0.05) is 19.6 Å². The molecule has 1 rings (SSSR count). The van der Waals surface area contributed by atoms with E-state index in [2.05, 4.69) is 5.32 Å². The molecule has 0 aromatic carbocycles. The molecule has 0 spiro atoms. The van der Waals surface area contributed by atoms with Crippen molar-refractivity contribution in [1.82, 2.24) is 5.32 Å². The van der Waals surface area contributed by atoms with Gasteiger partial charge in [-0.25, -0.2) is 0 Å². The molecule has 0 saturated heterocycles. The number of carboxylic acids is 1. The van der Waals surface area contributed by atoms with Gasteiger partial charge >= 0.3 is 5.97 Å². The van der Waals surface area contributed by atoms with Gasteiger partial charge in [-0.2, -0.15) is 0 Å². The fourth-order valence-corrected chi connectivity index (χ4v) is 1.90. The third-order valence-corrected chi connectivity index (χ3v) is 3.10. The molecule has 0 aromatic heterocycles. The SMILES string of the molecule is CCOC1CC(CC(=O)NCC(C)C(=O)O)C1. The molecule has 0 aliphatic heterocycles. The molecular weight excluding hydrogens is 222 g/mol. The lowest BCUT2D eigenvalue weighted by Gasteiger charge is -2.34. The van der Waals surface area contributed by atoms with Gasteiger partial charge in [-0.05, 0) is 25.7 Å². The van der Waals surface area contributed by atoms with E-state index in [0.29, 0.717) is 18.4 Å². The summed E-state index contributed by atoms with van der Waals surface area (Å²) in [7, 11) is 0. The first-order chi connectivity index (χ1) is 8.02. The minimum Gasteiger partial charge on any atom is -0.481 e. The number of rotatable bonds is 7. The molecule has 17 heavy (non-hydrogen) atoms. The van der Waals surface area contributed by atoms with Gasteiger partial charge in [0.15, 0.2) is 0 Å². The van der Waals surface area contributed by atoms with E-state index in [1.807, 2.05) is 6.92 Å². The molecule has 0 heterocycles. The van der Waals surface area contributed by atoms with Crippen LogP contribution in [0.1, 0.15) is 33.1 Å². The van der Waals surface area contributed by atoms with Crippen molar-refractivity contribution < 1.29 is 19.4 Å². The normalized spacial score (nSPS) is 24.8. The fourth-order valence-electron chi connectivity index (χ4n) is 1.90. The van der Waals surface area contributed by atoms with Crippen molar-refractivity contribution in [2.75, 3.05) is 13.2 Å². The average molecular weight is 243 g/mol. The standard InChI is InChI=1S/C12H21NO4/c1-3-17-10-4-9(5-10)6-11(14)13-7-8(2)12(15)16/h8-10H,3-7H2,1-2H3,(H,13,14)(H,15,16). The summed E-state index contributed by atoms with van der Waals surface area (Å²) in [5.74, 6) is -1.08. The maximum Gasteiger partial charge on any atom is 0.308 e. The minimum atomic E-state index is -0.884. The van der Waals surface area contributed by atoms with Crippen LogP contribution in [0, 0.1) is 11.8 Å². The lowest BCUT2D eigenvalue weighted by atomic mass is 9.80. The second-order valence-corrected chi connectivity index (χ2v) is 4.66. The molecule has 5 nitrogen and oxygen atoms in total. The highest BCUT2D eigenvalue weighted by atomic mass is 16.5. The first kappa shape index (κ1) is 14.0. The Kier molecular flexibility index (Phi) is 5.41. The van der Waals surface area contributed by atoms with Gasteiger partial charge in [-0.15, -0.1) is 0 Å². The number of hydrogen-bond donors (Lipinski definition) is 2. The number of nitrogens with one attached hydrogen (secondary N) is 1. The van der Waals surface area contributed by atoms with Crippen LogP contribution in [0.25, 0.3) is 0 Å². The molecule has 1 aliphatic carbocycles. The molecule has 2 N–H and O–H groups in total. The van der Waals surface area contributed by atoms with E-state index in [1.165, 1.54) is 0 Å². The molecule has 5 heteroatoms. The van der Waals surface area contributed by atoms with Crippen LogP contribution in [0.3, 0.4) is 0 Å². The zero-order chi connectivity index (χ0) is 12.8. The Balaban J connectivity index is 2.09. The van der Waals surface area contributed by atoms with Crippen molar-refractivity contribution in [1.29, 1.82) is 0 Å². The van der Waals surface area contributed by atoms with Crippen molar-refractivity contribution in [2.24, 2.45) is 11.8 Å². The summed E-state index contributed by atoms with van der Waals surface area (Å²) in [5, 5.41) is 11.3. The van der Waals surface area contributed by atoms with Crippen molar-refractivity contribution in [3.05, 3.63) is 0 Å². The maximum absolute atomic E-state index is 11.5. The van der Waals surface area contributed by atoms with Gasteiger partial charge in [0.25, 0.3) is 0 Å². The summed E-state index contributed by atoms with van der Waals surface area (Å²) in [6.07, 6.45) is 2.68. The first-order valence-electron chi connectivity index (χ1n) is 6.14. The highest BCUT2D eigenvalue weighted by molar-refractivity contribution is 5.77. The van der Waals surface area contributed by atoms with E-state index in [-0.39, 0.29) is 12.5 Å². The van der Waals surface area contributed by atoms with E-state index >= 15 is 0 Å². The smallest absolute Gasteiger partial charge is 0.308 e. The fraction of sp³-hybridized carbons (Fsp3) is 0.833. The van der Waals surface area contributed by atoms with Crippen molar-refractivity contribution in [2.45, 2.75) is 39.2 Å². The zero-order valence-electron chi connectivity index (χ0n) is 10.4. The Morgan fingerprint density at radius 1 is 1.47 bits per heavy atom. The lowest BCUT2D eigenvalue weighted by molar-refractivity contribution is -0.141. The van der Waals surface area contributed by atoms with Crippen LogP contribution < -0.4 is 5.32 Å². The Morgan fingerprint density at radius 3 is 2.65 bits per heavy atom. The Hall–Kier alpha value is -1.10. The van der Waals surface area contributed by atoms with Crippen molar-refractivity contribution >= 4 is 11.9 Å². The second-order valence-electron chi connectivity index (χ2n) is 4.66. The summed E-state index contributed by atoms with van der Waals surface area (Å²) in [6.45, 7) is 4.47. The summed E-state index contributed by atoms with van der Waals surface area (Å²) in [6, 6.07) is 0. The van der Waals surface area contributed by atoms with Crippen molar-refractivity contribution in [3.63, 3.8) is 0 Å². The largest absolute Gasteiger partial charge is 0.481 e. The lowest BCUT2D eigenvalue weighted by Crippen LogP contribution is -2.37. The number of hydrogen-bond acceptors (Lipinski definition) is 3. The van der Waals surface area contributed by atoms with E-state index in [1.54, 1.807) is 6.92 Å². The van der Waals surface area contributed by atoms with Gasteiger partial charge in [-0.1, -0.05) is 6.92 Å². The molecule has 0 radical (unpaired) electrons. The van der Waals surface area contributed by atoms with Gasteiger partial charge in [0.2, 0.25) is 5.91 Å². The predicted octanol–water partition coefficient (Wildman–Crippen LogP) is 1.03. The molecule has 1 atom stereocenters. The van der Waals surface area contributed by atoms with E-state index < -0.39 is 11.9 Å². The molecule has 1 saturated carbocycles. The van der Waals surface area contributed by atoms with Gasteiger partial charge in [-0.3, -0.25) is 9.59 Å². The van der Waals surface area contributed by atoms with Crippen molar-refractivity contribution in [3.8, 4) is 0 Å². The molecule has 1 amide bonds. The summed E-state index contributed by atoms with van der Waals surface area (Å²) < 4.78 is 5.41. The van der Waals surface area contributed by atoms with Crippen LogP contribution in [0.5, 0.6) is 0 Å².